The Balaban J connectivity index is 1.39. The van der Waals surface area contributed by atoms with E-state index in [-0.39, 0.29) is 35.6 Å². The highest BCUT2D eigenvalue weighted by molar-refractivity contribution is 7.99. The SMILES string of the molecule is CC(=O)Nc1ccc(NC(=O)CSCc2csc(NC(=O)Cc3ccc([N+](=O)[O-])cc3)n2)cc1. The standard InChI is InChI=1S/C22H21N5O5S2/c1-14(28)23-16-4-6-17(7-5-16)24-21(30)13-33-11-18-12-34-22(25-18)26-20(29)10-15-2-8-19(9-3-15)27(31)32/h2-9,12H,10-11,13H2,1H3,(H,23,28)(H,24,30)(H,25,26,29). The van der Waals surface area contributed by atoms with Crippen LogP contribution in [0.15, 0.2) is 53.9 Å². The first-order valence-corrected chi connectivity index (χ1v) is 12.0. The van der Waals surface area contributed by atoms with Gasteiger partial charge in [0, 0.05) is 41.6 Å². The minimum atomic E-state index is -0.491. The molecule has 0 aliphatic rings. The van der Waals surface area contributed by atoms with Gasteiger partial charge in [-0.25, -0.2) is 4.98 Å². The number of thioether (sulfide) groups is 1. The maximum Gasteiger partial charge on any atom is 0.269 e. The van der Waals surface area contributed by atoms with Crippen molar-refractivity contribution in [2.24, 2.45) is 0 Å². The van der Waals surface area contributed by atoms with Gasteiger partial charge >= 0.3 is 0 Å². The molecule has 3 N–H and O–H groups in total. The Bertz CT molecular complexity index is 1180. The molecule has 0 aliphatic heterocycles. The molecule has 176 valence electrons. The van der Waals surface area contributed by atoms with Crippen LogP contribution < -0.4 is 16.0 Å². The van der Waals surface area contributed by atoms with Gasteiger partial charge in [-0.05, 0) is 29.8 Å². The Labute approximate surface area is 203 Å². The van der Waals surface area contributed by atoms with E-state index in [0.717, 1.165) is 5.69 Å². The van der Waals surface area contributed by atoms with Gasteiger partial charge in [-0.3, -0.25) is 24.5 Å². The van der Waals surface area contributed by atoms with Crippen LogP contribution in [0.3, 0.4) is 0 Å². The van der Waals surface area contributed by atoms with Gasteiger partial charge in [0.15, 0.2) is 5.13 Å². The Morgan fingerprint density at radius 3 is 2.24 bits per heavy atom. The predicted molar refractivity (Wildman–Crippen MR) is 133 cm³/mol. The van der Waals surface area contributed by atoms with Gasteiger partial charge < -0.3 is 16.0 Å². The molecule has 34 heavy (non-hydrogen) atoms. The van der Waals surface area contributed by atoms with E-state index >= 15 is 0 Å². The molecule has 1 aromatic heterocycles. The lowest BCUT2D eigenvalue weighted by Gasteiger charge is -2.06. The molecule has 2 aromatic carbocycles. The van der Waals surface area contributed by atoms with Crippen molar-refractivity contribution >= 4 is 63.0 Å². The van der Waals surface area contributed by atoms with Crippen LogP contribution in [-0.4, -0.2) is 33.4 Å². The molecule has 3 rings (SSSR count). The van der Waals surface area contributed by atoms with Crippen molar-refractivity contribution < 1.29 is 19.3 Å². The number of nitrogens with one attached hydrogen (secondary N) is 3. The predicted octanol–water partition coefficient (Wildman–Crippen LogP) is 4.06. The number of hydrogen-bond acceptors (Lipinski definition) is 8. The summed E-state index contributed by atoms with van der Waals surface area (Å²) in [6, 6.07) is 12.6. The molecule has 0 saturated carbocycles. The molecular formula is C22H21N5O5S2. The van der Waals surface area contributed by atoms with Crippen LogP contribution in [-0.2, 0) is 26.6 Å². The molecule has 0 spiro atoms. The van der Waals surface area contributed by atoms with E-state index in [4.69, 9.17) is 0 Å². The number of nitro benzene ring substituents is 1. The fraction of sp³-hybridized carbons (Fsp3) is 0.182. The van der Waals surface area contributed by atoms with E-state index in [0.29, 0.717) is 27.8 Å². The summed E-state index contributed by atoms with van der Waals surface area (Å²) in [4.78, 5) is 49.9. The summed E-state index contributed by atoms with van der Waals surface area (Å²) >= 11 is 2.68. The molecule has 0 bridgehead atoms. The normalized spacial score (nSPS) is 10.4. The first-order chi connectivity index (χ1) is 16.3. The van der Waals surface area contributed by atoms with Crippen LogP contribution in [0.1, 0.15) is 18.2 Å². The highest BCUT2D eigenvalue weighted by atomic mass is 32.2. The topological polar surface area (TPSA) is 143 Å². The third-order valence-electron chi connectivity index (χ3n) is 4.28. The van der Waals surface area contributed by atoms with Crippen molar-refractivity contribution in [3.8, 4) is 0 Å². The molecular weight excluding hydrogens is 478 g/mol. The second-order valence-corrected chi connectivity index (χ2v) is 8.94. The second kappa shape index (κ2) is 11.9. The van der Waals surface area contributed by atoms with E-state index in [1.165, 1.54) is 42.2 Å². The number of amides is 3. The molecule has 0 unspecified atom stereocenters. The third kappa shape index (κ3) is 7.98. The van der Waals surface area contributed by atoms with Crippen LogP contribution in [0.2, 0.25) is 0 Å². The largest absolute Gasteiger partial charge is 0.326 e. The molecule has 0 aliphatic carbocycles. The van der Waals surface area contributed by atoms with E-state index in [2.05, 4.69) is 20.9 Å². The van der Waals surface area contributed by atoms with Gasteiger partial charge in [0.05, 0.1) is 22.8 Å². The zero-order valence-corrected chi connectivity index (χ0v) is 19.7. The first-order valence-electron chi connectivity index (χ1n) is 10.0. The molecule has 1 heterocycles. The maximum absolute atomic E-state index is 12.2. The minimum Gasteiger partial charge on any atom is -0.326 e. The lowest BCUT2D eigenvalue weighted by molar-refractivity contribution is -0.384. The minimum absolute atomic E-state index is 0.0280. The Hall–Kier alpha value is -3.77. The van der Waals surface area contributed by atoms with Gasteiger partial charge in [0.25, 0.3) is 5.69 Å². The number of nitro groups is 1. The first kappa shape index (κ1) is 24.9. The Morgan fingerprint density at radius 1 is 0.971 bits per heavy atom. The van der Waals surface area contributed by atoms with E-state index in [9.17, 15) is 24.5 Å². The van der Waals surface area contributed by atoms with Crippen LogP contribution in [0.4, 0.5) is 22.2 Å². The number of nitrogens with zero attached hydrogens (tertiary/aromatic N) is 2. The monoisotopic (exact) mass is 499 g/mol. The summed E-state index contributed by atoms with van der Waals surface area (Å²) < 4.78 is 0. The third-order valence-corrected chi connectivity index (χ3v) is 6.05. The van der Waals surface area contributed by atoms with E-state index < -0.39 is 4.92 Å². The molecule has 3 amide bonds. The molecule has 0 saturated heterocycles. The van der Waals surface area contributed by atoms with Crippen molar-refractivity contribution in [3.05, 3.63) is 75.3 Å². The van der Waals surface area contributed by atoms with Crippen LogP contribution in [0.5, 0.6) is 0 Å². The van der Waals surface area contributed by atoms with Gasteiger partial charge in [-0.2, -0.15) is 0 Å². The summed E-state index contributed by atoms with van der Waals surface area (Å²) in [5.41, 5.74) is 2.66. The number of thiazole rings is 1. The van der Waals surface area contributed by atoms with Crippen LogP contribution in [0.25, 0.3) is 0 Å². The zero-order chi connectivity index (χ0) is 24.5. The molecule has 0 fully saturated rings. The van der Waals surface area contributed by atoms with Crippen molar-refractivity contribution in [3.63, 3.8) is 0 Å². The molecule has 3 aromatic rings. The highest BCUT2D eigenvalue weighted by Gasteiger charge is 2.11. The average Bonchev–Trinajstić information content (AvgIpc) is 3.22. The van der Waals surface area contributed by atoms with Crippen molar-refractivity contribution in [2.75, 3.05) is 21.7 Å². The summed E-state index contributed by atoms with van der Waals surface area (Å²) in [5, 5.41) is 21.1. The summed E-state index contributed by atoms with van der Waals surface area (Å²) in [5.74, 6) is 0.133. The molecule has 0 radical (unpaired) electrons. The van der Waals surface area contributed by atoms with Gasteiger partial charge in [0.2, 0.25) is 17.7 Å². The Morgan fingerprint density at radius 2 is 1.62 bits per heavy atom. The fourth-order valence-corrected chi connectivity index (χ4v) is 4.35. The van der Waals surface area contributed by atoms with E-state index in [1.54, 1.807) is 36.4 Å². The van der Waals surface area contributed by atoms with Gasteiger partial charge in [-0.15, -0.1) is 23.1 Å². The van der Waals surface area contributed by atoms with Gasteiger partial charge in [0.1, 0.15) is 0 Å². The lowest BCUT2D eigenvalue weighted by atomic mass is 10.1. The van der Waals surface area contributed by atoms with Crippen molar-refractivity contribution in [2.45, 2.75) is 19.1 Å². The zero-order valence-electron chi connectivity index (χ0n) is 18.1. The van der Waals surface area contributed by atoms with Crippen molar-refractivity contribution in [1.82, 2.24) is 4.98 Å². The van der Waals surface area contributed by atoms with Crippen molar-refractivity contribution in [1.29, 1.82) is 0 Å². The number of aromatic nitrogens is 1. The maximum atomic E-state index is 12.2. The lowest BCUT2D eigenvalue weighted by Crippen LogP contribution is -2.14. The van der Waals surface area contributed by atoms with Crippen LogP contribution >= 0.6 is 23.1 Å². The number of carbonyl (C=O) groups is 3. The highest BCUT2D eigenvalue weighted by Crippen LogP contribution is 2.21. The second-order valence-electron chi connectivity index (χ2n) is 7.09. The number of anilines is 3. The average molecular weight is 500 g/mol. The number of carbonyl (C=O) groups excluding carboxylic acids is 3. The molecule has 10 nitrogen and oxygen atoms in total. The Kier molecular flexibility index (Phi) is 8.71. The summed E-state index contributed by atoms with van der Waals surface area (Å²) in [7, 11) is 0. The van der Waals surface area contributed by atoms with E-state index in [1.807, 2.05) is 5.38 Å². The summed E-state index contributed by atoms with van der Waals surface area (Å²) in [6.45, 7) is 1.42. The van der Waals surface area contributed by atoms with Gasteiger partial charge in [-0.1, -0.05) is 12.1 Å². The number of benzene rings is 2. The number of hydrogen-bond donors (Lipinski definition) is 3. The van der Waals surface area contributed by atoms with Crippen LogP contribution in [0, 0.1) is 10.1 Å². The number of non-ortho nitro benzene ring substituents is 1. The molecule has 0 atom stereocenters. The summed E-state index contributed by atoms with van der Waals surface area (Å²) in [6.07, 6.45) is 0.0770. The molecule has 12 heteroatoms. The fourth-order valence-electron chi connectivity index (χ4n) is 2.80. The quantitative estimate of drug-likeness (QED) is 0.282. The smallest absolute Gasteiger partial charge is 0.269 e. The number of rotatable bonds is 10.